The summed E-state index contributed by atoms with van der Waals surface area (Å²) in [6.45, 7) is 3.54. The molecule has 0 bridgehead atoms. The molecule has 0 N–H and O–H groups in total. The number of anilines is 1. The molecule has 7 heteroatoms. The van der Waals surface area contributed by atoms with E-state index < -0.39 is 17.6 Å². The summed E-state index contributed by atoms with van der Waals surface area (Å²) in [5.74, 6) is -0.880. The number of halogens is 4. The molecule has 26 heavy (non-hydrogen) atoms. The maximum Gasteiger partial charge on any atom is 0.416 e. The predicted octanol–water partition coefficient (Wildman–Crippen LogP) is 4.84. The van der Waals surface area contributed by atoms with Crippen molar-refractivity contribution in [2.24, 2.45) is 0 Å². The molecule has 2 aromatic carbocycles. The molecule has 2 aromatic rings. The molecule has 140 valence electrons. The minimum atomic E-state index is -4.42. The average molecular weight is 369 g/mol. The molecule has 0 spiro atoms. The van der Waals surface area contributed by atoms with Crippen molar-refractivity contribution >= 4 is 11.6 Å². The summed E-state index contributed by atoms with van der Waals surface area (Å²) in [5, 5.41) is 0. The lowest BCUT2D eigenvalue weighted by Gasteiger charge is -2.27. The molecule has 0 radical (unpaired) electrons. The number of amides is 1. The topological polar surface area (TPSA) is 29.5 Å². The Balaban J connectivity index is 2.22. The number of ether oxygens (including phenoxy) is 1. The van der Waals surface area contributed by atoms with Crippen LogP contribution in [-0.2, 0) is 17.4 Å². The van der Waals surface area contributed by atoms with Crippen LogP contribution in [0.2, 0.25) is 0 Å². The van der Waals surface area contributed by atoms with Crippen LogP contribution in [0.3, 0.4) is 0 Å². The first-order valence-electron chi connectivity index (χ1n) is 7.95. The van der Waals surface area contributed by atoms with E-state index in [0.29, 0.717) is 11.3 Å². The van der Waals surface area contributed by atoms with Crippen molar-refractivity contribution in [3.63, 3.8) is 0 Å². The third-order valence-corrected chi connectivity index (χ3v) is 3.84. The Hall–Kier alpha value is -2.57. The Kier molecular flexibility index (Phi) is 5.90. The largest absolute Gasteiger partial charge is 0.494 e. The zero-order chi connectivity index (χ0) is 19.5. The highest BCUT2D eigenvalue weighted by atomic mass is 19.4. The maximum absolute atomic E-state index is 14.0. The second-order valence-corrected chi connectivity index (χ2v) is 6.05. The first kappa shape index (κ1) is 19.8. The van der Waals surface area contributed by atoms with Gasteiger partial charge in [-0.05, 0) is 43.7 Å². The smallest absolute Gasteiger partial charge is 0.416 e. The Morgan fingerprint density at radius 3 is 2.19 bits per heavy atom. The van der Waals surface area contributed by atoms with Gasteiger partial charge >= 0.3 is 6.18 Å². The number of hydrogen-bond acceptors (Lipinski definition) is 2. The van der Waals surface area contributed by atoms with Gasteiger partial charge in [-0.15, -0.1) is 0 Å². The van der Waals surface area contributed by atoms with E-state index in [1.54, 1.807) is 19.9 Å². The Morgan fingerprint density at radius 2 is 1.73 bits per heavy atom. The molecular formula is C19H19F4NO2. The maximum atomic E-state index is 14.0. The Bertz CT molecular complexity index is 770. The lowest BCUT2D eigenvalue weighted by molar-refractivity contribution is -0.137. The van der Waals surface area contributed by atoms with Crippen LogP contribution in [0.25, 0.3) is 0 Å². The molecule has 1 amide bonds. The number of hydrogen-bond donors (Lipinski definition) is 0. The fourth-order valence-electron chi connectivity index (χ4n) is 2.61. The normalized spacial score (nSPS) is 11.5. The first-order valence-corrected chi connectivity index (χ1v) is 7.95. The molecule has 2 rings (SSSR count). The van der Waals surface area contributed by atoms with Crippen molar-refractivity contribution in [2.75, 3.05) is 12.0 Å². The van der Waals surface area contributed by atoms with E-state index >= 15 is 0 Å². The van der Waals surface area contributed by atoms with Gasteiger partial charge < -0.3 is 9.64 Å². The van der Waals surface area contributed by atoms with Gasteiger partial charge in [0.25, 0.3) is 0 Å². The van der Waals surface area contributed by atoms with E-state index in [4.69, 9.17) is 4.74 Å². The van der Waals surface area contributed by atoms with Crippen LogP contribution in [-0.4, -0.2) is 19.1 Å². The van der Waals surface area contributed by atoms with Crippen LogP contribution in [0, 0.1) is 5.82 Å². The molecule has 0 aromatic heterocycles. The van der Waals surface area contributed by atoms with Crippen molar-refractivity contribution in [1.29, 1.82) is 0 Å². The van der Waals surface area contributed by atoms with Crippen LogP contribution in [0.5, 0.6) is 5.75 Å². The molecule has 0 saturated carbocycles. The summed E-state index contributed by atoms with van der Waals surface area (Å²) < 4.78 is 56.7. The zero-order valence-corrected chi connectivity index (χ0v) is 14.6. The van der Waals surface area contributed by atoms with Gasteiger partial charge in [0.15, 0.2) is 11.6 Å². The highest BCUT2D eigenvalue weighted by Gasteiger charge is 2.30. The fourth-order valence-corrected chi connectivity index (χ4v) is 2.61. The van der Waals surface area contributed by atoms with Gasteiger partial charge in [0.1, 0.15) is 0 Å². The van der Waals surface area contributed by atoms with Crippen LogP contribution < -0.4 is 9.64 Å². The van der Waals surface area contributed by atoms with E-state index in [1.165, 1.54) is 36.3 Å². The number of nitrogens with zero attached hydrogens (tertiary/aromatic N) is 1. The van der Waals surface area contributed by atoms with E-state index in [0.717, 1.165) is 12.1 Å². The number of benzene rings is 2. The second kappa shape index (κ2) is 7.76. The first-order chi connectivity index (χ1) is 12.1. The molecule has 0 atom stereocenters. The highest BCUT2D eigenvalue weighted by Crippen LogP contribution is 2.29. The lowest BCUT2D eigenvalue weighted by atomic mass is 10.1. The van der Waals surface area contributed by atoms with Crippen LogP contribution in [0.4, 0.5) is 23.2 Å². The average Bonchev–Trinajstić information content (AvgIpc) is 2.54. The number of carbonyl (C=O) groups excluding carboxylic acids is 1. The summed E-state index contributed by atoms with van der Waals surface area (Å²) in [5.41, 5.74) is 0.0319. The quantitative estimate of drug-likeness (QED) is 0.706. The molecule has 3 nitrogen and oxygen atoms in total. The van der Waals surface area contributed by atoms with Gasteiger partial charge in [-0.25, -0.2) is 4.39 Å². The predicted molar refractivity (Wildman–Crippen MR) is 90.7 cm³/mol. The monoisotopic (exact) mass is 369 g/mol. The number of carbonyl (C=O) groups is 1. The third kappa shape index (κ3) is 4.53. The summed E-state index contributed by atoms with van der Waals surface area (Å²) in [6.07, 6.45) is -4.52. The van der Waals surface area contributed by atoms with Crippen molar-refractivity contribution in [2.45, 2.75) is 32.5 Å². The van der Waals surface area contributed by atoms with E-state index in [1.807, 2.05) is 0 Å². The van der Waals surface area contributed by atoms with Gasteiger partial charge in [-0.2, -0.15) is 13.2 Å². The van der Waals surface area contributed by atoms with Crippen molar-refractivity contribution in [1.82, 2.24) is 0 Å². The van der Waals surface area contributed by atoms with Gasteiger partial charge in [0.05, 0.1) is 19.1 Å². The van der Waals surface area contributed by atoms with E-state index in [2.05, 4.69) is 0 Å². The molecule has 0 saturated heterocycles. The van der Waals surface area contributed by atoms with Crippen molar-refractivity contribution < 1.29 is 27.1 Å². The summed E-state index contributed by atoms with van der Waals surface area (Å²) in [6, 6.07) is 8.35. The number of alkyl halides is 3. The zero-order valence-electron chi connectivity index (χ0n) is 14.6. The SMILES string of the molecule is COc1ccc(N(C(=O)Cc2ccc(C(F)(F)F)cc2)C(C)C)cc1F. The fraction of sp³-hybridized carbons (Fsp3) is 0.316. The number of methoxy groups -OCH3 is 1. The van der Waals surface area contributed by atoms with Crippen LogP contribution in [0.15, 0.2) is 42.5 Å². The van der Waals surface area contributed by atoms with E-state index in [9.17, 15) is 22.4 Å². The second-order valence-electron chi connectivity index (χ2n) is 6.05. The molecule has 0 fully saturated rings. The minimum Gasteiger partial charge on any atom is -0.494 e. The van der Waals surface area contributed by atoms with Crippen LogP contribution in [0.1, 0.15) is 25.0 Å². The Morgan fingerprint density at radius 1 is 1.12 bits per heavy atom. The molecule has 0 aliphatic heterocycles. The lowest BCUT2D eigenvalue weighted by Crippen LogP contribution is -2.38. The summed E-state index contributed by atoms with van der Waals surface area (Å²) >= 11 is 0. The van der Waals surface area contributed by atoms with Gasteiger partial charge in [0.2, 0.25) is 5.91 Å². The molecule has 0 unspecified atom stereocenters. The van der Waals surface area contributed by atoms with Crippen molar-refractivity contribution in [3.05, 3.63) is 59.4 Å². The third-order valence-electron chi connectivity index (χ3n) is 3.84. The van der Waals surface area contributed by atoms with Crippen molar-refractivity contribution in [3.8, 4) is 5.75 Å². The van der Waals surface area contributed by atoms with Crippen LogP contribution >= 0.6 is 0 Å². The highest BCUT2D eigenvalue weighted by molar-refractivity contribution is 5.95. The Labute approximate surface area is 149 Å². The number of rotatable bonds is 5. The molecule has 0 aliphatic carbocycles. The standard InChI is InChI=1S/C19H19F4NO2/c1-12(2)24(15-8-9-17(26-3)16(20)11-15)18(25)10-13-4-6-14(7-5-13)19(21,22)23/h4-9,11-12H,10H2,1-3H3. The molecular weight excluding hydrogens is 350 g/mol. The molecule has 0 aliphatic rings. The summed E-state index contributed by atoms with van der Waals surface area (Å²) in [4.78, 5) is 14.1. The summed E-state index contributed by atoms with van der Waals surface area (Å²) in [7, 11) is 1.34. The molecule has 0 heterocycles. The van der Waals surface area contributed by atoms with Gasteiger partial charge in [-0.3, -0.25) is 4.79 Å². The minimum absolute atomic E-state index is 0.0626. The van der Waals surface area contributed by atoms with Gasteiger partial charge in [0, 0.05) is 17.8 Å². The van der Waals surface area contributed by atoms with E-state index in [-0.39, 0.29) is 24.1 Å². The van der Waals surface area contributed by atoms with Gasteiger partial charge in [-0.1, -0.05) is 12.1 Å².